The second-order valence-corrected chi connectivity index (χ2v) is 4.96. The number of rotatable bonds is 10. The molecular weight excluding hydrogens is 228 g/mol. The maximum absolute atomic E-state index is 11.2. The molecule has 4 heteroatoms. The third-order valence-corrected chi connectivity index (χ3v) is 3.42. The van der Waals surface area contributed by atoms with Crippen molar-refractivity contribution in [3.63, 3.8) is 0 Å². The zero-order valence-electron chi connectivity index (χ0n) is 11.9. The molecule has 1 heterocycles. The second kappa shape index (κ2) is 9.34. The van der Waals surface area contributed by atoms with Gasteiger partial charge in [0.05, 0.1) is 6.61 Å². The van der Waals surface area contributed by atoms with E-state index in [4.69, 9.17) is 4.74 Å². The third kappa shape index (κ3) is 5.83. The average Bonchev–Trinajstić information content (AvgIpc) is 2.26. The van der Waals surface area contributed by atoms with Gasteiger partial charge in [-0.15, -0.1) is 0 Å². The lowest BCUT2D eigenvalue weighted by molar-refractivity contribution is -0.143. The van der Waals surface area contributed by atoms with Gasteiger partial charge in [0.1, 0.15) is 0 Å². The minimum Gasteiger partial charge on any atom is -0.466 e. The molecule has 106 valence electrons. The van der Waals surface area contributed by atoms with Gasteiger partial charge in [0.15, 0.2) is 0 Å². The number of unbranched alkanes of at least 4 members (excludes halogenated alkanes) is 2. The summed E-state index contributed by atoms with van der Waals surface area (Å²) in [6.07, 6.45) is 5.07. The van der Waals surface area contributed by atoms with Gasteiger partial charge in [0, 0.05) is 25.6 Å². The smallest absolute Gasteiger partial charge is 0.305 e. The summed E-state index contributed by atoms with van der Waals surface area (Å²) in [4.78, 5) is 13.7. The molecule has 1 fully saturated rings. The SMILES string of the molecule is CCCN(CCCCCC(=O)OCC)C1CNC1. The second-order valence-electron chi connectivity index (χ2n) is 4.96. The first-order chi connectivity index (χ1) is 8.77. The Labute approximate surface area is 111 Å². The van der Waals surface area contributed by atoms with Gasteiger partial charge in [-0.1, -0.05) is 13.3 Å². The summed E-state index contributed by atoms with van der Waals surface area (Å²) in [7, 11) is 0. The van der Waals surface area contributed by atoms with E-state index in [0.29, 0.717) is 13.0 Å². The average molecular weight is 256 g/mol. The van der Waals surface area contributed by atoms with Gasteiger partial charge < -0.3 is 10.1 Å². The molecule has 1 N–H and O–H groups in total. The molecule has 4 nitrogen and oxygen atoms in total. The van der Waals surface area contributed by atoms with Gasteiger partial charge in [0.25, 0.3) is 0 Å². The Morgan fingerprint density at radius 1 is 1.22 bits per heavy atom. The van der Waals surface area contributed by atoms with Crippen molar-refractivity contribution < 1.29 is 9.53 Å². The Morgan fingerprint density at radius 3 is 2.56 bits per heavy atom. The lowest BCUT2D eigenvalue weighted by Gasteiger charge is -2.38. The van der Waals surface area contributed by atoms with E-state index in [1.165, 1.54) is 25.9 Å². The maximum Gasteiger partial charge on any atom is 0.305 e. The molecule has 0 aromatic carbocycles. The minimum absolute atomic E-state index is 0.0499. The van der Waals surface area contributed by atoms with Gasteiger partial charge >= 0.3 is 5.97 Å². The summed E-state index contributed by atoms with van der Waals surface area (Å²) in [5.74, 6) is -0.0499. The van der Waals surface area contributed by atoms with Crippen LogP contribution in [0.3, 0.4) is 0 Å². The molecule has 0 aliphatic carbocycles. The monoisotopic (exact) mass is 256 g/mol. The van der Waals surface area contributed by atoms with Crippen LogP contribution in [0.25, 0.3) is 0 Å². The standard InChI is InChI=1S/C14H28N2O2/c1-3-9-16(13-11-15-12-13)10-7-5-6-8-14(17)18-4-2/h13,15H,3-12H2,1-2H3. The van der Waals surface area contributed by atoms with Gasteiger partial charge in [-0.05, 0) is 39.3 Å². The molecule has 1 aliphatic rings. The quantitative estimate of drug-likeness (QED) is 0.478. The minimum atomic E-state index is -0.0499. The highest BCUT2D eigenvalue weighted by Crippen LogP contribution is 2.09. The molecule has 0 unspecified atom stereocenters. The van der Waals surface area contributed by atoms with E-state index in [9.17, 15) is 4.79 Å². The zero-order chi connectivity index (χ0) is 13.2. The van der Waals surface area contributed by atoms with Crippen molar-refractivity contribution in [3.8, 4) is 0 Å². The molecular formula is C14H28N2O2. The zero-order valence-corrected chi connectivity index (χ0v) is 11.9. The van der Waals surface area contributed by atoms with E-state index in [1.807, 2.05) is 6.92 Å². The van der Waals surface area contributed by atoms with Crippen LogP contribution in [0, 0.1) is 0 Å². The van der Waals surface area contributed by atoms with Gasteiger partial charge in [0.2, 0.25) is 0 Å². The van der Waals surface area contributed by atoms with Gasteiger partial charge in [-0.25, -0.2) is 0 Å². The molecule has 0 bridgehead atoms. The van der Waals surface area contributed by atoms with E-state index in [1.54, 1.807) is 0 Å². The number of carbonyl (C=O) groups excluding carboxylic acids is 1. The molecule has 0 spiro atoms. The number of esters is 1. The van der Waals surface area contributed by atoms with Crippen LogP contribution < -0.4 is 5.32 Å². The first-order valence-electron chi connectivity index (χ1n) is 7.38. The summed E-state index contributed by atoms with van der Waals surface area (Å²) in [5, 5.41) is 3.33. The molecule has 0 saturated carbocycles. The van der Waals surface area contributed by atoms with Crippen LogP contribution in [0.5, 0.6) is 0 Å². The predicted molar refractivity (Wildman–Crippen MR) is 73.6 cm³/mol. The summed E-state index contributed by atoms with van der Waals surface area (Å²) in [5.41, 5.74) is 0. The summed E-state index contributed by atoms with van der Waals surface area (Å²) in [6, 6.07) is 0.745. The van der Waals surface area contributed by atoms with Crippen LogP contribution in [0.4, 0.5) is 0 Å². The van der Waals surface area contributed by atoms with E-state index < -0.39 is 0 Å². The van der Waals surface area contributed by atoms with Crippen molar-refractivity contribution in [1.82, 2.24) is 10.2 Å². The highest BCUT2D eigenvalue weighted by molar-refractivity contribution is 5.69. The molecule has 0 atom stereocenters. The van der Waals surface area contributed by atoms with E-state index in [2.05, 4.69) is 17.1 Å². The van der Waals surface area contributed by atoms with Crippen LogP contribution >= 0.6 is 0 Å². The van der Waals surface area contributed by atoms with Crippen LogP contribution in [0.2, 0.25) is 0 Å². The summed E-state index contributed by atoms with van der Waals surface area (Å²) < 4.78 is 4.92. The van der Waals surface area contributed by atoms with Crippen molar-refractivity contribution >= 4 is 5.97 Å². The lowest BCUT2D eigenvalue weighted by atomic mass is 10.1. The number of carbonyl (C=O) groups is 1. The van der Waals surface area contributed by atoms with Crippen molar-refractivity contribution in [2.24, 2.45) is 0 Å². The maximum atomic E-state index is 11.2. The van der Waals surface area contributed by atoms with Crippen molar-refractivity contribution in [2.75, 3.05) is 32.8 Å². The summed E-state index contributed by atoms with van der Waals surface area (Å²) >= 11 is 0. The van der Waals surface area contributed by atoms with Gasteiger partial charge in [-0.3, -0.25) is 9.69 Å². The molecule has 0 amide bonds. The van der Waals surface area contributed by atoms with E-state index >= 15 is 0 Å². The van der Waals surface area contributed by atoms with Crippen molar-refractivity contribution in [2.45, 2.75) is 52.0 Å². The normalized spacial score (nSPS) is 15.7. The molecule has 18 heavy (non-hydrogen) atoms. The van der Waals surface area contributed by atoms with Crippen molar-refractivity contribution in [3.05, 3.63) is 0 Å². The first kappa shape index (κ1) is 15.4. The predicted octanol–water partition coefficient (Wildman–Crippen LogP) is 1.79. The van der Waals surface area contributed by atoms with Crippen LogP contribution in [-0.2, 0) is 9.53 Å². The summed E-state index contributed by atoms with van der Waals surface area (Å²) in [6.45, 7) is 9.24. The molecule has 1 saturated heterocycles. The Balaban J connectivity index is 2.02. The first-order valence-corrected chi connectivity index (χ1v) is 7.38. The van der Waals surface area contributed by atoms with Crippen LogP contribution in [-0.4, -0.2) is 49.7 Å². The Bertz CT molecular complexity index is 230. The largest absolute Gasteiger partial charge is 0.466 e. The number of hydrogen-bond donors (Lipinski definition) is 1. The topological polar surface area (TPSA) is 41.6 Å². The number of nitrogens with zero attached hydrogens (tertiary/aromatic N) is 1. The van der Waals surface area contributed by atoms with Crippen LogP contribution in [0.15, 0.2) is 0 Å². The molecule has 0 aromatic rings. The fraction of sp³-hybridized carbons (Fsp3) is 0.929. The fourth-order valence-corrected chi connectivity index (χ4v) is 2.29. The third-order valence-electron chi connectivity index (χ3n) is 3.42. The van der Waals surface area contributed by atoms with Gasteiger partial charge in [-0.2, -0.15) is 0 Å². The molecule has 1 aliphatic heterocycles. The Hall–Kier alpha value is -0.610. The number of hydrogen-bond acceptors (Lipinski definition) is 4. The molecule has 0 radical (unpaired) electrons. The lowest BCUT2D eigenvalue weighted by Crippen LogP contribution is -2.57. The highest BCUT2D eigenvalue weighted by Gasteiger charge is 2.22. The number of ether oxygens (including phenoxy) is 1. The van der Waals surface area contributed by atoms with Crippen LogP contribution in [0.1, 0.15) is 46.0 Å². The van der Waals surface area contributed by atoms with Crippen molar-refractivity contribution in [1.29, 1.82) is 0 Å². The fourth-order valence-electron chi connectivity index (χ4n) is 2.29. The number of nitrogens with one attached hydrogen (secondary N) is 1. The molecule has 1 rings (SSSR count). The van der Waals surface area contributed by atoms with E-state index in [0.717, 1.165) is 32.0 Å². The Morgan fingerprint density at radius 2 is 2.00 bits per heavy atom. The highest BCUT2D eigenvalue weighted by atomic mass is 16.5. The molecule has 0 aromatic heterocycles. The van der Waals surface area contributed by atoms with E-state index in [-0.39, 0.29) is 5.97 Å². The Kier molecular flexibility index (Phi) is 8.01.